The Morgan fingerprint density at radius 2 is 2.00 bits per heavy atom. The summed E-state index contributed by atoms with van der Waals surface area (Å²) in [6.07, 6.45) is 7.01. The molecule has 106 valence electrons. The third-order valence-corrected chi connectivity index (χ3v) is 5.89. The first-order valence-corrected chi connectivity index (χ1v) is 9.01. The summed E-state index contributed by atoms with van der Waals surface area (Å²) in [5.41, 5.74) is 1.36. The number of halogens is 1. The van der Waals surface area contributed by atoms with E-state index >= 15 is 0 Å². The highest BCUT2D eigenvalue weighted by molar-refractivity contribution is 9.10. The van der Waals surface area contributed by atoms with Gasteiger partial charge in [-0.3, -0.25) is 0 Å². The molecule has 19 heavy (non-hydrogen) atoms. The van der Waals surface area contributed by atoms with E-state index in [1.165, 1.54) is 47.0 Å². The van der Waals surface area contributed by atoms with Crippen molar-refractivity contribution in [3.63, 3.8) is 0 Å². The summed E-state index contributed by atoms with van der Waals surface area (Å²) < 4.78 is 1.26. The van der Waals surface area contributed by atoms with Crippen LogP contribution in [0.1, 0.15) is 51.5 Å². The van der Waals surface area contributed by atoms with Crippen molar-refractivity contribution in [2.45, 2.75) is 68.7 Å². The second-order valence-corrected chi connectivity index (χ2v) is 7.87. The monoisotopic (exact) mass is 341 g/mol. The van der Waals surface area contributed by atoms with Crippen LogP contribution in [-0.2, 0) is 6.54 Å². The van der Waals surface area contributed by atoms with Gasteiger partial charge in [0, 0.05) is 27.2 Å². The molecule has 1 N–H and O–H groups in total. The predicted octanol–water partition coefficient (Wildman–Crippen LogP) is 5.37. The fraction of sp³-hybridized carbons (Fsp3) is 0.625. The third kappa shape index (κ3) is 5.13. The van der Waals surface area contributed by atoms with Crippen molar-refractivity contribution in [2.75, 3.05) is 0 Å². The summed E-state index contributed by atoms with van der Waals surface area (Å²) in [4.78, 5) is 1.40. The molecular weight excluding hydrogens is 318 g/mol. The zero-order valence-corrected chi connectivity index (χ0v) is 14.3. The van der Waals surface area contributed by atoms with Crippen LogP contribution in [0.5, 0.6) is 0 Å². The quantitative estimate of drug-likeness (QED) is 0.772. The van der Waals surface area contributed by atoms with Crippen LogP contribution in [0.2, 0.25) is 0 Å². The zero-order chi connectivity index (χ0) is 13.7. The Kier molecular flexibility index (Phi) is 6.24. The Balaban J connectivity index is 1.94. The smallest absolute Gasteiger partial charge is 0.0314 e. The number of nitrogens with one attached hydrogen (secondary N) is 1. The minimum atomic E-state index is 0.537. The summed E-state index contributed by atoms with van der Waals surface area (Å²) in [7, 11) is 0. The van der Waals surface area contributed by atoms with Gasteiger partial charge < -0.3 is 5.32 Å². The van der Waals surface area contributed by atoms with Crippen LogP contribution in [0.25, 0.3) is 0 Å². The SMILES string of the molecule is CC(C)NCc1ccc(SC2CCCCC2)c(Br)c1. The summed E-state index contributed by atoms with van der Waals surface area (Å²) >= 11 is 5.79. The summed E-state index contributed by atoms with van der Waals surface area (Å²) in [5, 5.41) is 4.29. The van der Waals surface area contributed by atoms with Gasteiger partial charge in [-0.1, -0.05) is 39.2 Å². The van der Waals surface area contributed by atoms with E-state index in [0.29, 0.717) is 6.04 Å². The van der Waals surface area contributed by atoms with Crippen LogP contribution in [0.15, 0.2) is 27.6 Å². The maximum Gasteiger partial charge on any atom is 0.0314 e. The Morgan fingerprint density at radius 3 is 2.63 bits per heavy atom. The largest absolute Gasteiger partial charge is 0.310 e. The zero-order valence-electron chi connectivity index (χ0n) is 11.9. The molecule has 0 saturated heterocycles. The highest BCUT2D eigenvalue weighted by Crippen LogP contribution is 2.37. The molecule has 1 fully saturated rings. The molecule has 0 unspecified atom stereocenters. The fourth-order valence-electron chi connectivity index (χ4n) is 2.43. The Hall–Kier alpha value is 0.01000. The predicted molar refractivity (Wildman–Crippen MR) is 88.8 cm³/mol. The molecule has 3 heteroatoms. The molecule has 0 heterocycles. The van der Waals surface area contributed by atoms with Gasteiger partial charge in [0.25, 0.3) is 0 Å². The van der Waals surface area contributed by atoms with Gasteiger partial charge in [-0.15, -0.1) is 11.8 Å². The minimum absolute atomic E-state index is 0.537. The van der Waals surface area contributed by atoms with Crippen molar-refractivity contribution >= 4 is 27.7 Å². The van der Waals surface area contributed by atoms with Crippen molar-refractivity contribution in [3.05, 3.63) is 28.2 Å². The number of benzene rings is 1. The summed E-state index contributed by atoms with van der Waals surface area (Å²) in [5.74, 6) is 0. The van der Waals surface area contributed by atoms with Crippen molar-refractivity contribution in [3.8, 4) is 0 Å². The molecule has 1 aliphatic rings. The number of rotatable bonds is 5. The first-order chi connectivity index (χ1) is 9.15. The summed E-state index contributed by atoms with van der Waals surface area (Å²) in [6.45, 7) is 5.31. The molecule has 1 aliphatic carbocycles. The lowest BCUT2D eigenvalue weighted by Crippen LogP contribution is -2.21. The molecule has 1 nitrogen and oxygen atoms in total. The molecule has 1 aromatic carbocycles. The first-order valence-electron chi connectivity index (χ1n) is 7.33. The number of hydrogen-bond donors (Lipinski definition) is 1. The molecule has 0 bridgehead atoms. The van der Waals surface area contributed by atoms with Crippen molar-refractivity contribution in [2.24, 2.45) is 0 Å². The van der Waals surface area contributed by atoms with E-state index in [4.69, 9.17) is 0 Å². The molecule has 0 radical (unpaired) electrons. The van der Waals surface area contributed by atoms with Crippen molar-refractivity contribution in [1.82, 2.24) is 5.32 Å². The standard InChI is InChI=1S/C16H24BrNS/c1-12(2)18-11-13-8-9-16(15(17)10-13)19-14-6-4-3-5-7-14/h8-10,12,14,18H,3-7,11H2,1-2H3. The van der Waals surface area contributed by atoms with E-state index in [0.717, 1.165) is 11.8 Å². The molecule has 1 aromatic rings. The Morgan fingerprint density at radius 1 is 1.26 bits per heavy atom. The van der Waals surface area contributed by atoms with E-state index in [-0.39, 0.29) is 0 Å². The van der Waals surface area contributed by atoms with Gasteiger partial charge in [0.05, 0.1) is 0 Å². The maximum atomic E-state index is 3.73. The number of thioether (sulfide) groups is 1. The Bertz CT molecular complexity index is 400. The van der Waals surface area contributed by atoms with E-state index in [1.54, 1.807) is 0 Å². The lowest BCUT2D eigenvalue weighted by molar-refractivity contribution is 0.516. The van der Waals surface area contributed by atoms with Crippen LogP contribution in [-0.4, -0.2) is 11.3 Å². The van der Waals surface area contributed by atoms with Crippen molar-refractivity contribution < 1.29 is 0 Å². The van der Waals surface area contributed by atoms with E-state index in [1.807, 2.05) is 0 Å². The lowest BCUT2D eigenvalue weighted by Gasteiger charge is -2.21. The van der Waals surface area contributed by atoms with Crippen LogP contribution in [0.3, 0.4) is 0 Å². The minimum Gasteiger partial charge on any atom is -0.310 e. The topological polar surface area (TPSA) is 12.0 Å². The average Bonchev–Trinajstić information content (AvgIpc) is 2.40. The van der Waals surface area contributed by atoms with Gasteiger partial charge in [0.2, 0.25) is 0 Å². The molecule has 0 atom stereocenters. The van der Waals surface area contributed by atoms with Crippen molar-refractivity contribution in [1.29, 1.82) is 0 Å². The van der Waals surface area contributed by atoms with Crippen LogP contribution >= 0.6 is 27.7 Å². The van der Waals surface area contributed by atoms with Gasteiger partial charge in [0.15, 0.2) is 0 Å². The third-order valence-electron chi connectivity index (χ3n) is 3.56. The van der Waals surface area contributed by atoms with Gasteiger partial charge in [-0.05, 0) is 46.5 Å². The van der Waals surface area contributed by atoms with Gasteiger partial charge in [-0.2, -0.15) is 0 Å². The molecule has 0 aliphatic heterocycles. The Labute approximate surface area is 130 Å². The molecule has 0 amide bonds. The molecule has 1 saturated carbocycles. The second kappa shape index (κ2) is 7.70. The van der Waals surface area contributed by atoms with Gasteiger partial charge in [0.1, 0.15) is 0 Å². The summed E-state index contributed by atoms with van der Waals surface area (Å²) in [6, 6.07) is 7.34. The fourth-order valence-corrected chi connectivity index (χ4v) is 4.39. The van der Waals surface area contributed by atoms with Gasteiger partial charge >= 0.3 is 0 Å². The molecule has 2 rings (SSSR count). The molecular formula is C16H24BrNS. The van der Waals surface area contributed by atoms with Crippen LogP contribution in [0, 0.1) is 0 Å². The highest BCUT2D eigenvalue weighted by atomic mass is 79.9. The van der Waals surface area contributed by atoms with Gasteiger partial charge in [-0.25, -0.2) is 0 Å². The average molecular weight is 342 g/mol. The normalized spacial score (nSPS) is 17.1. The van der Waals surface area contributed by atoms with E-state index in [9.17, 15) is 0 Å². The molecule has 0 aromatic heterocycles. The van der Waals surface area contributed by atoms with E-state index in [2.05, 4.69) is 65.1 Å². The number of hydrogen-bond acceptors (Lipinski definition) is 2. The maximum absolute atomic E-state index is 3.73. The second-order valence-electron chi connectivity index (χ2n) is 5.68. The highest BCUT2D eigenvalue weighted by Gasteiger charge is 2.15. The first kappa shape index (κ1) is 15.4. The van der Waals surface area contributed by atoms with E-state index < -0.39 is 0 Å². The lowest BCUT2D eigenvalue weighted by atomic mass is 10.0. The van der Waals surface area contributed by atoms with Crippen LogP contribution in [0.4, 0.5) is 0 Å². The molecule has 0 spiro atoms. The van der Waals surface area contributed by atoms with Crippen LogP contribution < -0.4 is 5.32 Å².